The fourth-order valence-electron chi connectivity index (χ4n) is 4.15. The monoisotopic (exact) mass is 470 g/mol. The van der Waals surface area contributed by atoms with E-state index in [1.165, 1.54) is 7.11 Å². The van der Waals surface area contributed by atoms with E-state index in [0.717, 1.165) is 24.8 Å². The minimum absolute atomic E-state index is 0.0457. The number of hydrogen-bond acceptors (Lipinski definition) is 4. The summed E-state index contributed by atoms with van der Waals surface area (Å²) in [6, 6.07) is 13.0. The van der Waals surface area contributed by atoms with Gasteiger partial charge in [0, 0.05) is 37.3 Å². The van der Waals surface area contributed by atoms with Crippen LogP contribution >= 0.6 is 11.6 Å². The maximum Gasteiger partial charge on any atom is 0.253 e. The summed E-state index contributed by atoms with van der Waals surface area (Å²) in [7, 11) is 3.08. The highest BCUT2D eigenvalue weighted by Crippen LogP contribution is 2.36. The summed E-state index contributed by atoms with van der Waals surface area (Å²) in [5.41, 5.74) is 1.46. The second kappa shape index (κ2) is 11.8. The number of carbonyl (C=O) groups is 2. The van der Waals surface area contributed by atoms with Crippen molar-refractivity contribution in [1.29, 1.82) is 0 Å². The third-order valence-electron chi connectivity index (χ3n) is 5.84. The highest BCUT2D eigenvalue weighted by atomic mass is 35.5. The average Bonchev–Trinajstić information content (AvgIpc) is 2.85. The van der Waals surface area contributed by atoms with E-state index in [-0.39, 0.29) is 17.9 Å². The molecule has 7 heteroatoms. The van der Waals surface area contributed by atoms with E-state index in [0.29, 0.717) is 41.7 Å². The van der Waals surface area contributed by atoms with Crippen molar-refractivity contribution < 1.29 is 19.1 Å². The van der Waals surface area contributed by atoms with Gasteiger partial charge in [0.05, 0.1) is 19.2 Å². The predicted molar refractivity (Wildman–Crippen MR) is 131 cm³/mol. The molecule has 3 rings (SSSR count). The number of piperidine rings is 1. The molecular formula is C26H31ClN2O4. The van der Waals surface area contributed by atoms with Crippen LogP contribution in [0.5, 0.6) is 11.5 Å². The second-order valence-corrected chi connectivity index (χ2v) is 8.40. The Morgan fingerprint density at radius 1 is 1.12 bits per heavy atom. The third-order valence-corrected chi connectivity index (χ3v) is 6.12. The summed E-state index contributed by atoms with van der Waals surface area (Å²) >= 11 is 6.28. The zero-order chi connectivity index (χ0) is 23.8. The molecule has 2 amide bonds. The first kappa shape index (κ1) is 24.6. The molecular weight excluding hydrogens is 440 g/mol. The maximum absolute atomic E-state index is 13.1. The van der Waals surface area contributed by atoms with Crippen LogP contribution in [0.3, 0.4) is 0 Å². The first-order valence-corrected chi connectivity index (χ1v) is 11.6. The fourth-order valence-corrected chi connectivity index (χ4v) is 4.45. The molecule has 1 aliphatic rings. The first-order chi connectivity index (χ1) is 16.0. The first-order valence-electron chi connectivity index (χ1n) is 11.2. The molecule has 33 heavy (non-hydrogen) atoms. The molecule has 176 valence electrons. The number of nitrogens with zero attached hydrogens (tertiary/aromatic N) is 2. The normalized spacial score (nSPS) is 14.4. The Hall–Kier alpha value is -2.99. The Kier molecular flexibility index (Phi) is 8.78. The standard InChI is InChI=1S/C26H31ClN2O4/c1-4-14-29(21-12-15-28(16-13-21)26(31)20-8-6-5-7-9-20)24(30)11-10-19-17-22(27)25(33-3)23(18-19)32-2/h5-11,17-18,21H,4,12-16H2,1-3H3/b11-10+. The van der Waals surface area contributed by atoms with Gasteiger partial charge < -0.3 is 19.3 Å². The van der Waals surface area contributed by atoms with Gasteiger partial charge in [-0.25, -0.2) is 0 Å². The largest absolute Gasteiger partial charge is 0.493 e. The molecule has 1 saturated heterocycles. The molecule has 0 atom stereocenters. The molecule has 0 spiro atoms. The molecule has 0 saturated carbocycles. The molecule has 0 radical (unpaired) electrons. The maximum atomic E-state index is 13.1. The number of amides is 2. The topological polar surface area (TPSA) is 59.1 Å². The summed E-state index contributed by atoms with van der Waals surface area (Å²) in [5, 5.41) is 0.421. The van der Waals surface area contributed by atoms with Gasteiger partial charge in [-0.15, -0.1) is 0 Å². The highest BCUT2D eigenvalue weighted by Gasteiger charge is 2.28. The van der Waals surface area contributed by atoms with E-state index in [1.54, 1.807) is 31.4 Å². The molecule has 6 nitrogen and oxygen atoms in total. The Bertz CT molecular complexity index is 985. The van der Waals surface area contributed by atoms with E-state index < -0.39 is 0 Å². The number of halogens is 1. The number of hydrogen-bond donors (Lipinski definition) is 0. The Morgan fingerprint density at radius 2 is 1.82 bits per heavy atom. The second-order valence-electron chi connectivity index (χ2n) is 7.99. The van der Waals surface area contributed by atoms with Crippen LogP contribution < -0.4 is 9.47 Å². The zero-order valence-electron chi connectivity index (χ0n) is 19.4. The average molecular weight is 471 g/mol. The smallest absolute Gasteiger partial charge is 0.253 e. The number of benzene rings is 2. The minimum atomic E-state index is -0.0457. The van der Waals surface area contributed by atoms with E-state index in [9.17, 15) is 9.59 Å². The van der Waals surface area contributed by atoms with Gasteiger partial charge in [-0.05, 0) is 55.2 Å². The fraction of sp³-hybridized carbons (Fsp3) is 0.385. The molecule has 0 N–H and O–H groups in total. The summed E-state index contributed by atoms with van der Waals surface area (Å²) in [6.07, 6.45) is 5.72. The lowest BCUT2D eigenvalue weighted by molar-refractivity contribution is -0.129. The molecule has 0 aromatic heterocycles. The van der Waals surface area contributed by atoms with Crippen LogP contribution in [0, 0.1) is 0 Å². The minimum Gasteiger partial charge on any atom is -0.493 e. The molecule has 1 aliphatic heterocycles. The molecule has 1 heterocycles. The molecule has 0 bridgehead atoms. The lowest BCUT2D eigenvalue weighted by Crippen LogP contribution is -2.48. The predicted octanol–water partition coefficient (Wildman–Crippen LogP) is 4.91. The van der Waals surface area contributed by atoms with Crippen molar-refractivity contribution in [3.8, 4) is 11.5 Å². The summed E-state index contributed by atoms with van der Waals surface area (Å²) < 4.78 is 10.6. The van der Waals surface area contributed by atoms with Gasteiger partial charge >= 0.3 is 0 Å². The zero-order valence-corrected chi connectivity index (χ0v) is 20.2. The van der Waals surface area contributed by atoms with Gasteiger partial charge in [-0.3, -0.25) is 9.59 Å². The van der Waals surface area contributed by atoms with Crippen LogP contribution in [-0.2, 0) is 4.79 Å². The van der Waals surface area contributed by atoms with E-state index >= 15 is 0 Å². The van der Waals surface area contributed by atoms with Crippen LogP contribution in [0.15, 0.2) is 48.5 Å². The quantitative estimate of drug-likeness (QED) is 0.514. The van der Waals surface area contributed by atoms with Gasteiger partial charge in [0.15, 0.2) is 11.5 Å². The van der Waals surface area contributed by atoms with Crippen molar-refractivity contribution in [3.63, 3.8) is 0 Å². The van der Waals surface area contributed by atoms with Gasteiger partial charge in [0.1, 0.15) is 0 Å². The third kappa shape index (κ3) is 6.08. The summed E-state index contributed by atoms with van der Waals surface area (Å²) in [5.74, 6) is 0.980. The van der Waals surface area contributed by atoms with Crippen molar-refractivity contribution in [2.45, 2.75) is 32.2 Å². The lowest BCUT2D eigenvalue weighted by atomic mass is 10.0. The number of ether oxygens (including phenoxy) is 2. The Morgan fingerprint density at radius 3 is 2.42 bits per heavy atom. The Labute approximate surface area is 200 Å². The SMILES string of the molecule is CCCN(C(=O)/C=C/c1cc(Cl)c(OC)c(OC)c1)C1CCN(C(=O)c2ccccc2)CC1. The molecule has 2 aromatic rings. The van der Waals surface area contributed by atoms with Gasteiger partial charge in [-0.2, -0.15) is 0 Å². The van der Waals surface area contributed by atoms with Crippen LogP contribution in [0.1, 0.15) is 42.1 Å². The number of methoxy groups -OCH3 is 2. The van der Waals surface area contributed by atoms with E-state index in [2.05, 4.69) is 6.92 Å². The van der Waals surface area contributed by atoms with E-state index in [4.69, 9.17) is 21.1 Å². The van der Waals surface area contributed by atoms with Crippen molar-refractivity contribution in [2.24, 2.45) is 0 Å². The van der Waals surface area contributed by atoms with Gasteiger partial charge in [-0.1, -0.05) is 36.7 Å². The van der Waals surface area contributed by atoms with Gasteiger partial charge in [0.25, 0.3) is 5.91 Å². The van der Waals surface area contributed by atoms with E-state index in [1.807, 2.05) is 40.1 Å². The van der Waals surface area contributed by atoms with Crippen LogP contribution in [-0.4, -0.2) is 61.5 Å². The number of carbonyl (C=O) groups excluding carboxylic acids is 2. The highest BCUT2D eigenvalue weighted by molar-refractivity contribution is 6.32. The van der Waals surface area contributed by atoms with Crippen molar-refractivity contribution in [3.05, 3.63) is 64.7 Å². The van der Waals surface area contributed by atoms with Crippen molar-refractivity contribution in [2.75, 3.05) is 33.9 Å². The Balaban J connectivity index is 1.66. The summed E-state index contributed by atoms with van der Waals surface area (Å²) in [4.78, 5) is 29.6. The number of rotatable bonds is 8. The molecule has 2 aromatic carbocycles. The molecule has 0 unspecified atom stereocenters. The van der Waals surface area contributed by atoms with Crippen molar-refractivity contribution >= 4 is 29.5 Å². The molecule has 1 fully saturated rings. The van der Waals surface area contributed by atoms with Crippen LogP contribution in [0.25, 0.3) is 6.08 Å². The molecule has 0 aliphatic carbocycles. The van der Waals surface area contributed by atoms with Crippen LogP contribution in [0.2, 0.25) is 5.02 Å². The van der Waals surface area contributed by atoms with Crippen molar-refractivity contribution in [1.82, 2.24) is 9.80 Å². The summed E-state index contributed by atoms with van der Waals surface area (Å²) in [6.45, 7) is 4.01. The van der Waals surface area contributed by atoms with Gasteiger partial charge in [0.2, 0.25) is 5.91 Å². The van der Waals surface area contributed by atoms with Crippen LogP contribution in [0.4, 0.5) is 0 Å². The number of likely N-dealkylation sites (tertiary alicyclic amines) is 1. The lowest BCUT2D eigenvalue weighted by Gasteiger charge is -2.38.